The number of rotatable bonds is 9. The van der Waals surface area contributed by atoms with Gasteiger partial charge in [0.1, 0.15) is 4.90 Å². The van der Waals surface area contributed by atoms with Crippen molar-refractivity contribution in [3.63, 3.8) is 0 Å². The Morgan fingerprint density at radius 2 is 2.10 bits per heavy atom. The summed E-state index contributed by atoms with van der Waals surface area (Å²) in [5, 5.41) is 11.8. The molecule has 0 aliphatic rings. The summed E-state index contributed by atoms with van der Waals surface area (Å²) in [6, 6.07) is 4.80. The van der Waals surface area contributed by atoms with Crippen LogP contribution in [-0.4, -0.2) is 45.2 Å². The highest BCUT2D eigenvalue weighted by atomic mass is 32.2. The first-order valence-electron chi connectivity index (χ1n) is 6.27. The van der Waals surface area contributed by atoms with Gasteiger partial charge in [-0.3, -0.25) is 0 Å². The number of thioether (sulfide) groups is 1. The van der Waals surface area contributed by atoms with E-state index in [1.54, 1.807) is 23.9 Å². The largest absolute Gasteiger partial charge is 0.398 e. The van der Waals surface area contributed by atoms with E-state index in [-0.39, 0.29) is 17.2 Å². The standard InChI is InChI=1S/C12H21N3O3S2/c1-14-20(17,18)12-4-3-10(9-11(12)13)15-5-8-19-7-2-6-16/h3-4,9,14-16H,2,5-8,13H2,1H3. The van der Waals surface area contributed by atoms with Gasteiger partial charge in [-0.25, -0.2) is 13.1 Å². The van der Waals surface area contributed by atoms with Crippen molar-refractivity contribution in [2.24, 2.45) is 0 Å². The molecular formula is C12H21N3O3S2. The van der Waals surface area contributed by atoms with Gasteiger partial charge in [-0.2, -0.15) is 11.8 Å². The van der Waals surface area contributed by atoms with Crippen molar-refractivity contribution >= 4 is 33.2 Å². The van der Waals surface area contributed by atoms with Gasteiger partial charge in [-0.15, -0.1) is 0 Å². The zero-order valence-corrected chi connectivity index (χ0v) is 13.1. The highest BCUT2D eigenvalue weighted by molar-refractivity contribution is 7.99. The molecule has 0 bridgehead atoms. The molecule has 6 nitrogen and oxygen atoms in total. The second-order valence-electron chi connectivity index (χ2n) is 4.08. The minimum atomic E-state index is -3.51. The number of aliphatic hydroxyl groups excluding tert-OH is 1. The highest BCUT2D eigenvalue weighted by Crippen LogP contribution is 2.22. The summed E-state index contributed by atoms with van der Waals surface area (Å²) in [6.45, 7) is 0.978. The van der Waals surface area contributed by atoms with Crippen molar-refractivity contribution in [2.75, 3.05) is 42.8 Å². The molecular weight excluding hydrogens is 298 g/mol. The molecule has 0 spiro atoms. The molecule has 1 rings (SSSR count). The molecule has 0 heterocycles. The number of hydrogen-bond acceptors (Lipinski definition) is 6. The van der Waals surface area contributed by atoms with Gasteiger partial charge >= 0.3 is 0 Å². The van der Waals surface area contributed by atoms with Crippen LogP contribution in [0.4, 0.5) is 11.4 Å². The summed E-state index contributed by atoms with van der Waals surface area (Å²) in [5.41, 5.74) is 6.77. The van der Waals surface area contributed by atoms with E-state index in [0.29, 0.717) is 0 Å². The van der Waals surface area contributed by atoms with Crippen LogP contribution in [0.15, 0.2) is 23.1 Å². The summed E-state index contributed by atoms with van der Waals surface area (Å²) in [5.74, 6) is 1.84. The number of nitrogens with one attached hydrogen (secondary N) is 2. The minimum absolute atomic E-state index is 0.0860. The summed E-state index contributed by atoms with van der Waals surface area (Å²) < 4.78 is 25.6. The molecule has 1 aromatic rings. The van der Waals surface area contributed by atoms with E-state index < -0.39 is 10.0 Å². The van der Waals surface area contributed by atoms with Crippen LogP contribution in [-0.2, 0) is 10.0 Å². The van der Waals surface area contributed by atoms with Crippen molar-refractivity contribution in [1.29, 1.82) is 0 Å². The lowest BCUT2D eigenvalue weighted by molar-refractivity contribution is 0.296. The van der Waals surface area contributed by atoms with E-state index >= 15 is 0 Å². The fraction of sp³-hybridized carbons (Fsp3) is 0.500. The van der Waals surface area contributed by atoms with Crippen molar-refractivity contribution in [2.45, 2.75) is 11.3 Å². The zero-order chi connectivity index (χ0) is 15.0. The van der Waals surface area contributed by atoms with E-state index in [0.717, 1.165) is 30.2 Å². The molecule has 8 heteroatoms. The Labute approximate surface area is 124 Å². The molecule has 0 unspecified atom stereocenters. The van der Waals surface area contributed by atoms with Gasteiger partial charge in [0.2, 0.25) is 10.0 Å². The maximum atomic E-state index is 11.7. The number of sulfonamides is 1. The zero-order valence-electron chi connectivity index (χ0n) is 11.4. The minimum Gasteiger partial charge on any atom is -0.398 e. The number of nitrogen functional groups attached to an aromatic ring is 1. The monoisotopic (exact) mass is 319 g/mol. The smallest absolute Gasteiger partial charge is 0.242 e. The number of hydrogen-bond donors (Lipinski definition) is 4. The fourth-order valence-corrected chi connectivity index (χ4v) is 3.17. The van der Waals surface area contributed by atoms with Crippen molar-refractivity contribution in [1.82, 2.24) is 4.72 Å². The third kappa shape index (κ3) is 5.20. The summed E-state index contributed by atoms with van der Waals surface area (Å²) >= 11 is 1.75. The van der Waals surface area contributed by atoms with Crippen molar-refractivity contribution in [3.05, 3.63) is 18.2 Å². The molecule has 0 atom stereocenters. The molecule has 1 aromatic carbocycles. The number of benzene rings is 1. The summed E-state index contributed by atoms with van der Waals surface area (Å²) in [4.78, 5) is 0.0860. The van der Waals surface area contributed by atoms with Gasteiger partial charge in [-0.1, -0.05) is 0 Å². The molecule has 5 N–H and O–H groups in total. The van der Waals surface area contributed by atoms with Crippen LogP contribution in [0, 0.1) is 0 Å². The second kappa shape index (κ2) is 8.35. The average molecular weight is 319 g/mol. The van der Waals surface area contributed by atoms with Crippen molar-refractivity contribution < 1.29 is 13.5 Å². The molecule has 0 aliphatic heterocycles. The Morgan fingerprint density at radius 1 is 1.35 bits per heavy atom. The molecule has 0 saturated carbocycles. The normalized spacial score (nSPS) is 11.5. The first-order valence-corrected chi connectivity index (χ1v) is 8.90. The average Bonchev–Trinajstić information content (AvgIpc) is 2.42. The molecule has 0 saturated heterocycles. The third-order valence-corrected chi connectivity index (χ3v) is 5.15. The molecule has 114 valence electrons. The van der Waals surface area contributed by atoms with Crippen LogP contribution < -0.4 is 15.8 Å². The fourth-order valence-electron chi connectivity index (χ4n) is 1.55. The van der Waals surface area contributed by atoms with Crippen LogP contribution in [0.3, 0.4) is 0 Å². The van der Waals surface area contributed by atoms with E-state index in [9.17, 15) is 8.42 Å². The lowest BCUT2D eigenvalue weighted by Gasteiger charge is -2.10. The Hall–Kier alpha value is -0.960. The first-order chi connectivity index (χ1) is 9.51. The molecule has 0 fully saturated rings. The predicted octanol–water partition coefficient (Wildman–Crippen LogP) is 0.704. The quantitative estimate of drug-likeness (QED) is 0.395. The van der Waals surface area contributed by atoms with Crippen LogP contribution in [0.5, 0.6) is 0 Å². The van der Waals surface area contributed by atoms with Gasteiger partial charge in [0.25, 0.3) is 0 Å². The highest BCUT2D eigenvalue weighted by Gasteiger charge is 2.14. The lowest BCUT2D eigenvalue weighted by atomic mass is 10.3. The van der Waals surface area contributed by atoms with E-state index in [1.165, 1.54) is 13.1 Å². The molecule has 20 heavy (non-hydrogen) atoms. The first kappa shape index (κ1) is 17.1. The van der Waals surface area contributed by atoms with Gasteiger partial charge in [-0.05, 0) is 37.4 Å². The van der Waals surface area contributed by atoms with E-state index in [2.05, 4.69) is 10.0 Å². The van der Waals surface area contributed by atoms with Gasteiger partial charge in [0.05, 0.1) is 5.69 Å². The Morgan fingerprint density at radius 3 is 2.70 bits per heavy atom. The lowest BCUT2D eigenvalue weighted by Crippen LogP contribution is -2.20. The number of anilines is 2. The van der Waals surface area contributed by atoms with E-state index in [1.807, 2.05) is 0 Å². The maximum Gasteiger partial charge on any atom is 0.242 e. The SMILES string of the molecule is CNS(=O)(=O)c1ccc(NCCSCCCO)cc1N. The predicted molar refractivity (Wildman–Crippen MR) is 84.6 cm³/mol. The molecule has 0 aromatic heterocycles. The summed E-state index contributed by atoms with van der Waals surface area (Å²) in [6.07, 6.45) is 0.800. The van der Waals surface area contributed by atoms with Crippen molar-refractivity contribution in [3.8, 4) is 0 Å². The van der Waals surface area contributed by atoms with Crippen LogP contribution >= 0.6 is 11.8 Å². The Kier molecular flexibility index (Phi) is 7.14. The Balaban J connectivity index is 2.52. The third-order valence-electron chi connectivity index (χ3n) is 2.59. The number of aliphatic hydroxyl groups is 1. The molecule has 0 amide bonds. The van der Waals surface area contributed by atoms with Gasteiger partial charge < -0.3 is 16.2 Å². The summed E-state index contributed by atoms with van der Waals surface area (Å²) in [7, 11) is -2.16. The topological polar surface area (TPSA) is 104 Å². The van der Waals surface area contributed by atoms with Crippen LogP contribution in [0.1, 0.15) is 6.42 Å². The molecule has 0 aliphatic carbocycles. The van der Waals surface area contributed by atoms with Crippen LogP contribution in [0.2, 0.25) is 0 Å². The van der Waals surface area contributed by atoms with Gasteiger partial charge in [0.15, 0.2) is 0 Å². The number of nitrogens with two attached hydrogens (primary N) is 1. The van der Waals surface area contributed by atoms with E-state index in [4.69, 9.17) is 10.8 Å². The Bertz CT molecular complexity index is 521. The van der Waals surface area contributed by atoms with Crippen LogP contribution in [0.25, 0.3) is 0 Å². The molecule has 0 radical (unpaired) electrons. The van der Waals surface area contributed by atoms with Gasteiger partial charge in [0, 0.05) is 24.6 Å². The second-order valence-corrected chi connectivity index (χ2v) is 7.16. The maximum absolute atomic E-state index is 11.7.